The zero-order chi connectivity index (χ0) is 12.3. The van der Waals surface area contributed by atoms with E-state index >= 15 is 0 Å². The van der Waals surface area contributed by atoms with Crippen molar-refractivity contribution in [3.05, 3.63) is 12.2 Å². The molecule has 17 heavy (non-hydrogen) atoms. The van der Waals surface area contributed by atoms with Crippen LogP contribution in [-0.2, 0) is 4.79 Å². The van der Waals surface area contributed by atoms with E-state index in [2.05, 4.69) is 24.0 Å². The van der Waals surface area contributed by atoms with Crippen molar-refractivity contribution in [2.75, 3.05) is 13.1 Å². The molecule has 2 aliphatic rings. The molecule has 3 nitrogen and oxygen atoms in total. The van der Waals surface area contributed by atoms with E-state index in [1.54, 1.807) is 0 Å². The molecular formula is C14H24N2O. The van der Waals surface area contributed by atoms with Crippen LogP contribution in [0.2, 0.25) is 0 Å². The van der Waals surface area contributed by atoms with Crippen molar-refractivity contribution >= 4 is 5.91 Å². The minimum atomic E-state index is 0.229. The normalized spacial score (nSPS) is 33.8. The number of nitrogens with zero attached hydrogens (tertiary/aromatic N) is 1. The van der Waals surface area contributed by atoms with Crippen molar-refractivity contribution in [1.82, 2.24) is 4.90 Å². The minimum absolute atomic E-state index is 0.229. The molecule has 96 valence electrons. The molecule has 2 N–H and O–H groups in total. The molecule has 1 amide bonds. The summed E-state index contributed by atoms with van der Waals surface area (Å²) in [6.07, 6.45) is 9.39. The zero-order valence-electron chi connectivity index (χ0n) is 10.8. The smallest absolute Gasteiger partial charge is 0.226 e. The molecule has 1 saturated heterocycles. The highest BCUT2D eigenvalue weighted by molar-refractivity contribution is 5.79. The van der Waals surface area contributed by atoms with E-state index in [4.69, 9.17) is 5.73 Å². The van der Waals surface area contributed by atoms with Gasteiger partial charge in [-0.1, -0.05) is 25.5 Å². The van der Waals surface area contributed by atoms with Crippen LogP contribution in [0.3, 0.4) is 0 Å². The largest absolute Gasteiger partial charge is 0.342 e. The van der Waals surface area contributed by atoms with Gasteiger partial charge < -0.3 is 10.6 Å². The van der Waals surface area contributed by atoms with Crippen LogP contribution in [-0.4, -0.2) is 29.9 Å². The Bertz CT molecular complexity index is 301. The van der Waals surface area contributed by atoms with Gasteiger partial charge in [-0.15, -0.1) is 0 Å². The first kappa shape index (κ1) is 12.6. The summed E-state index contributed by atoms with van der Waals surface area (Å²) in [6.45, 7) is 3.90. The molecule has 2 rings (SSSR count). The van der Waals surface area contributed by atoms with Gasteiger partial charge in [-0.2, -0.15) is 0 Å². The third kappa shape index (κ3) is 2.89. The van der Waals surface area contributed by atoms with Gasteiger partial charge in [-0.3, -0.25) is 4.79 Å². The molecule has 0 aromatic rings. The third-order valence-electron chi connectivity index (χ3n) is 4.25. The molecule has 3 unspecified atom stereocenters. The van der Waals surface area contributed by atoms with Crippen LogP contribution in [0, 0.1) is 11.8 Å². The molecule has 1 aliphatic carbocycles. The highest BCUT2D eigenvalue weighted by Gasteiger charge is 2.31. The second kappa shape index (κ2) is 5.67. The number of piperidine rings is 1. The van der Waals surface area contributed by atoms with Gasteiger partial charge in [0.1, 0.15) is 0 Å². The number of hydrogen-bond donors (Lipinski definition) is 1. The maximum absolute atomic E-state index is 12.4. The molecule has 1 aliphatic heterocycles. The van der Waals surface area contributed by atoms with E-state index in [-0.39, 0.29) is 12.0 Å². The SMILES string of the molecule is CCC1CN(C(=O)C2CC=CCC2)CCC1N. The van der Waals surface area contributed by atoms with Crippen LogP contribution in [0.4, 0.5) is 0 Å². The summed E-state index contributed by atoms with van der Waals surface area (Å²) in [4.78, 5) is 14.4. The number of allylic oxidation sites excluding steroid dienone is 2. The molecular weight excluding hydrogens is 212 g/mol. The average Bonchev–Trinajstić information content (AvgIpc) is 2.39. The molecule has 0 bridgehead atoms. The van der Waals surface area contributed by atoms with Crippen molar-refractivity contribution in [3.63, 3.8) is 0 Å². The molecule has 0 radical (unpaired) electrons. The number of likely N-dealkylation sites (tertiary alicyclic amines) is 1. The minimum Gasteiger partial charge on any atom is -0.342 e. The van der Waals surface area contributed by atoms with Crippen LogP contribution >= 0.6 is 0 Å². The van der Waals surface area contributed by atoms with Gasteiger partial charge in [0.2, 0.25) is 5.91 Å². The highest BCUT2D eigenvalue weighted by Crippen LogP contribution is 2.25. The standard InChI is InChI=1S/C14H24N2O/c1-2-11-10-16(9-8-13(11)15)14(17)12-6-4-3-5-7-12/h3-4,11-13H,2,5-10,15H2,1H3. The fraction of sp³-hybridized carbons (Fsp3) is 0.786. The number of amides is 1. The summed E-state index contributed by atoms with van der Waals surface area (Å²) in [5, 5.41) is 0. The van der Waals surface area contributed by atoms with Crippen LogP contribution in [0.1, 0.15) is 39.0 Å². The Morgan fingerprint density at radius 1 is 1.41 bits per heavy atom. The van der Waals surface area contributed by atoms with Crippen LogP contribution in [0.5, 0.6) is 0 Å². The summed E-state index contributed by atoms with van der Waals surface area (Å²) in [7, 11) is 0. The van der Waals surface area contributed by atoms with Crippen molar-refractivity contribution in [2.24, 2.45) is 17.6 Å². The number of hydrogen-bond acceptors (Lipinski definition) is 2. The Kier molecular flexibility index (Phi) is 4.21. The fourth-order valence-corrected chi connectivity index (χ4v) is 2.96. The molecule has 0 aromatic carbocycles. The summed E-state index contributed by atoms with van der Waals surface area (Å²) in [5.74, 6) is 1.08. The van der Waals surface area contributed by atoms with Crippen molar-refractivity contribution in [1.29, 1.82) is 0 Å². The maximum Gasteiger partial charge on any atom is 0.226 e. The summed E-state index contributed by atoms with van der Waals surface area (Å²) < 4.78 is 0. The van der Waals surface area contributed by atoms with E-state index in [1.165, 1.54) is 0 Å². The third-order valence-corrected chi connectivity index (χ3v) is 4.25. The van der Waals surface area contributed by atoms with E-state index < -0.39 is 0 Å². The predicted molar refractivity (Wildman–Crippen MR) is 69.4 cm³/mol. The second-order valence-corrected chi connectivity index (χ2v) is 5.39. The van der Waals surface area contributed by atoms with Crippen LogP contribution in [0.25, 0.3) is 0 Å². The number of carbonyl (C=O) groups excluding carboxylic acids is 1. The van der Waals surface area contributed by atoms with E-state index in [0.717, 1.165) is 45.2 Å². The highest BCUT2D eigenvalue weighted by atomic mass is 16.2. The van der Waals surface area contributed by atoms with Gasteiger partial charge in [0, 0.05) is 25.0 Å². The van der Waals surface area contributed by atoms with E-state index in [1.807, 2.05) is 0 Å². The predicted octanol–water partition coefficient (Wildman–Crippen LogP) is 1.93. The first-order valence-electron chi connectivity index (χ1n) is 6.91. The molecule has 0 saturated carbocycles. The molecule has 0 spiro atoms. The molecule has 3 heteroatoms. The van der Waals surface area contributed by atoms with Crippen molar-refractivity contribution in [2.45, 2.75) is 45.1 Å². The Hall–Kier alpha value is -0.830. The zero-order valence-corrected chi connectivity index (χ0v) is 10.8. The monoisotopic (exact) mass is 236 g/mol. The first-order valence-corrected chi connectivity index (χ1v) is 6.91. The lowest BCUT2D eigenvalue weighted by Crippen LogP contribution is -2.50. The number of carbonyl (C=O) groups is 1. The topological polar surface area (TPSA) is 46.3 Å². The number of nitrogens with two attached hydrogens (primary N) is 1. The van der Waals surface area contributed by atoms with E-state index in [0.29, 0.717) is 11.8 Å². The molecule has 0 aromatic heterocycles. The molecule has 1 fully saturated rings. The van der Waals surface area contributed by atoms with Gasteiger partial charge in [0.25, 0.3) is 0 Å². The van der Waals surface area contributed by atoms with Gasteiger partial charge in [0.05, 0.1) is 0 Å². The van der Waals surface area contributed by atoms with Crippen LogP contribution < -0.4 is 5.73 Å². The first-order chi connectivity index (χ1) is 8.22. The van der Waals surface area contributed by atoms with Crippen molar-refractivity contribution < 1.29 is 4.79 Å². The van der Waals surface area contributed by atoms with Crippen LogP contribution in [0.15, 0.2) is 12.2 Å². The average molecular weight is 236 g/mol. The van der Waals surface area contributed by atoms with Crippen molar-refractivity contribution in [3.8, 4) is 0 Å². The summed E-state index contributed by atoms with van der Waals surface area (Å²) >= 11 is 0. The maximum atomic E-state index is 12.4. The second-order valence-electron chi connectivity index (χ2n) is 5.39. The Balaban J connectivity index is 1.93. The van der Waals surface area contributed by atoms with Gasteiger partial charge >= 0.3 is 0 Å². The summed E-state index contributed by atoms with van der Waals surface area (Å²) in [6, 6.07) is 0.287. The number of rotatable bonds is 2. The van der Waals surface area contributed by atoms with Gasteiger partial charge in [-0.25, -0.2) is 0 Å². The molecule has 3 atom stereocenters. The Morgan fingerprint density at radius 2 is 2.24 bits per heavy atom. The van der Waals surface area contributed by atoms with Gasteiger partial charge in [0.15, 0.2) is 0 Å². The lowest BCUT2D eigenvalue weighted by molar-refractivity contribution is -0.137. The fourth-order valence-electron chi connectivity index (χ4n) is 2.96. The van der Waals surface area contributed by atoms with Gasteiger partial charge in [-0.05, 0) is 31.6 Å². The van der Waals surface area contributed by atoms with E-state index in [9.17, 15) is 4.79 Å². The molecule has 1 heterocycles. The summed E-state index contributed by atoms with van der Waals surface area (Å²) in [5.41, 5.74) is 6.08. The Labute approximate surface area is 104 Å². The quantitative estimate of drug-likeness (QED) is 0.745. The lowest BCUT2D eigenvalue weighted by Gasteiger charge is -2.38. The Morgan fingerprint density at radius 3 is 2.88 bits per heavy atom. The lowest BCUT2D eigenvalue weighted by atomic mass is 9.88.